The third kappa shape index (κ3) is 6.03. The molecule has 0 aliphatic heterocycles. The Morgan fingerprint density at radius 1 is 0.907 bits per heavy atom. The van der Waals surface area contributed by atoms with Crippen molar-refractivity contribution in [1.82, 2.24) is 15.0 Å². The summed E-state index contributed by atoms with van der Waals surface area (Å²) >= 11 is 0. The highest BCUT2D eigenvalue weighted by molar-refractivity contribution is 7.52. The number of esters is 1. The zero-order valence-corrected chi connectivity index (χ0v) is 23.9. The van der Waals surface area contributed by atoms with Crippen molar-refractivity contribution < 1.29 is 32.7 Å². The molecule has 1 heterocycles. The minimum absolute atomic E-state index is 0.235. The normalized spacial score (nSPS) is 13.7. The highest BCUT2D eigenvalue weighted by Crippen LogP contribution is 2.59. The molecule has 5 rings (SSSR count). The minimum Gasteiger partial charge on any atom is -0.465 e. The number of fused-ring (bicyclic) bond motifs is 1. The van der Waals surface area contributed by atoms with Gasteiger partial charge in [0.1, 0.15) is 5.52 Å². The average molecular weight is 604 g/mol. The van der Waals surface area contributed by atoms with Crippen LogP contribution in [0.25, 0.3) is 17.1 Å². The number of alkyl halides is 2. The largest absolute Gasteiger partial charge is 0.465 e. The highest BCUT2D eigenvalue weighted by atomic mass is 31.2. The van der Waals surface area contributed by atoms with E-state index in [4.69, 9.17) is 4.74 Å². The van der Waals surface area contributed by atoms with Gasteiger partial charge in [-0.25, -0.2) is 9.48 Å². The Kier molecular flexibility index (Phi) is 8.37. The molecule has 0 amide bonds. The van der Waals surface area contributed by atoms with E-state index in [-0.39, 0.29) is 6.42 Å². The lowest BCUT2D eigenvalue weighted by Crippen LogP contribution is -2.38. The molecule has 11 heteroatoms. The lowest BCUT2D eigenvalue weighted by atomic mass is 9.80. The number of carbonyl (C=O) groups excluding carboxylic acids is 1. The Hall–Kier alpha value is -4.50. The number of benzene rings is 4. The van der Waals surface area contributed by atoms with Crippen molar-refractivity contribution in [2.75, 3.05) is 7.11 Å². The van der Waals surface area contributed by atoms with E-state index < -0.39 is 30.3 Å². The number of rotatable bonds is 10. The number of hydrogen-bond donors (Lipinski definition) is 2. The van der Waals surface area contributed by atoms with Crippen LogP contribution in [0.1, 0.15) is 39.0 Å². The lowest BCUT2D eigenvalue weighted by Gasteiger charge is -2.35. The molecule has 0 fully saturated rings. The number of allylic oxidation sites excluding steroid dienone is 1. The van der Waals surface area contributed by atoms with Crippen LogP contribution < -0.4 is 0 Å². The van der Waals surface area contributed by atoms with Gasteiger partial charge in [0.05, 0.1) is 23.7 Å². The van der Waals surface area contributed by atoms with Crippen LogP contribution in [-0.2, 0) is 26.9 Å². The van der Waals surface area contributed by atoms with Crippen molar-refractivity contribution >= 4 is 30.7 Å². The summed E-state index contributed by atoms with van der Waals surface area (Å²) in [7, 11) is -4.42. The van der Waals surface area contributed by atoms with Gasteiger partial charge in [0.15, 0.2) is 0 Å². The average Bonchev–Trinajstić information content (AvgIpc) is 3.45. The molecule has 0 spiro atoms. The maximum Gasteiger partial charge on any atom is 0.399 e. The molecule has 2 N–H and O–H groups in total. The summed E-state index contributed by atoms with van der Waals surface area (Å²) < 4.78 is 47.0. The molecule has 1 aromatic heterocycles. The summed E-state index contributed by atoms with van der Waals surface area (Å²) in [5.41, 5.74) is -1.99. The van der Waals surface area contributed by atoms with Gasteiger partial charge in [0.2, 0.25) is 0 Å². The molecule has 4 aromatic carbocycles. The maximum absolute atomic E-state index is 14.4. The fourth-order valence-electron chi connectivity index (χ4n) is 5.08. The van der Waals surface area contributed by atoms with Crippen LogP contribution >= 0.6 is 7.60 Å². The standard InChI is InChI=1S/C32H28F2N3O5P/c1-42-30(38)25-15-19-26(20-16-25)31(21-7-10-23-8-3-2-4-9-23,37-29-12-6-5-11-28(29)35-36-37)22-24-13-17-27(18-14-24)32(33,34)43(39,40)41/h2-20H,21-22H2,1H3,(H2,39,40,41). The number of nitrogens with zero attached hydrogens (tertiary/aromatic N) is 3. The van der Waals surface area contributed by atoms with Crippen LogP contribution in [0.2, 0.25) is 0 Å². The summed E-state index contributed by atoms with van der Waals surface area (Å²) in [6.45, 7) is 0. The third-order valence-corrected chi connectivity index (χ3v) is 8.32. The second kappa shape index (κ2) is 12.0. The molecular formula is C32H28F2N3O5P. The first-order chi connectivity index (χ1) is 20.5. The molecule has 1 atom stereocenters. The zero-order valence-electron chi connectivity index (χ0n) is 23.0. The molecule has 0 saturated carbocycles. The molecule has 0 aliphatic rings. The molecular weight excluding hydrogens is 575 g/mol. The van der Waals surface area contributed by atoms with E-state index in [1.165, 1.54) is 19.2 Å². The van der Waals surface area contributed by atoms with E-state index in [1.54, 1.807) is 28.9 Å². The van der Waals surface area contributed by atoms with Crippen LogP contribution in [0, 0.1) is 0 Å². The molecule has 0 radical (unpaired) electrons. The van der Waals surface area contributed by atoms with Crippen molar-refractivity contribution in [2.24, 2.45) is 0 Å². The number of para-hydroxylation sites is 1. The van der Waals surface area contributed by atoms with Crippen molar-refractivity contribution in [3.8, 4) is 0 Å². The number of ether oxygens (including phenoxy) is 1. The molecule has 0 aliphatic carbocycles. The van der Waals surface area contributed by atoms with Crippen LogP contribution in [0.15, 0.2) is 109 Å². The first kappa shape index (κ1) is 30.0. The summed E-state index contributed by atoms with van der Waals surface area (Å²) in [5.74, 6) is -0.492. The predicted molar refractivity (Wildman–Crippen MR) is 159 cm³/mol. The van der Waals surface area contributed by atoms with E-state index in [2.05, 4.69) is 10.3 Å². The Morgan fingerprint density at radius 3 is 2.19 bits per heavy atom. The van der Waals surface area contributed by atoms with Gasteiger partial charge >= 0.3 is 19.2 Å². The Morgan fingerprint density at radius 2 is 1.53 bits per heavy atom. The zero-order chi connectivity index (χ0) is 30.7. The SMILES string of the molecule is COC(=O)c1ccc(C(CC=Cc2ccccc2)(Cc2ccc(C(F)(F)P(=O)(O)O)cc2)n2nnc3ccccc32)cc1. The van der Waals surface area contributed by atoms with Gasteiger partial charge in [-0.3, -0.25) is 4.57 Å². The van der Waals surface area contributed by atoms with Crippen molar-refractivity contribution in [2.45, 2.75) is 24.0 Å². The fourth-order valence-corrected chi connectivity index (χ4v) is 5.56. The number of hydrogen-bond acceptors (Lipinski definition) is 5. The molecule has 0 saturated heterocycles. The Labute approximate surface area is 246 Å². The van der Waals surface area contributed by atoms with Gasteiger partial charge in [-0.05, 0) is 47.4 Å². The molecule has 43 heavy (non-hydrogen) atoms. The van der Waals surface area contributed by atoms with Gasteiger partial charge in [-0.2, -0.15) is 8.78 Å². The summed E-state index contributed by atoms with van der Waals surface area (Å²) in [6.07, 6.45) is 4.59. The monoisotopic (exact) mass is 603 g/mol. The van der Waals surface area contributed by atoms with E-state index in [0.29, 0.717) is 23.1 Å². The van der Waals surface area contributed by atoms with Crippen LogP contribution in [-0.4, -0.2) is 37.9 Å². The quantitative estimate of drug-likeness (QED) is 0.138. The summed E-state index contributed by atoms with van der Waals surface area (Å²) in [5, 5.41) is 8.93. The summed E-state index contributed by atoms with van der Waals surface area (Å²) in [6, 6.07) is 29.0. The van der Waals surface area contributed by atoms with Crippen molar-refractivity contribution in [3.05, 3.63) is 137 Å². The predicted octanol–water partition coefficient (Wildman–Crippen LogP) is 6.53. The topological polar surface area (TPSA) is 115 Å². The number of carbonyl (C=O) groups is 1. The first-order valence-corrected chi connectivity index (χ1v) is 14.9. The Balaban J connectivity index is 1.67. The molecule has 8 nitrogen and oxygen atoms in total. The van der Waals surface area contributed by atoms with Gasteiger partial charge in [0, 0.05) is 12.0 Å². The maximum atomic E-state index is 14.4. The van der Waals surface area contributed by atoms with Crippen LogP contribution in [0.4, 0.5) is 8.78 Å². The highest BCUT2D eigenvalue weighted by Gasteiger charge is 2.50. The first-order valence-electron chi connectivity index (χ1n) is 13.3. The van der Waals surface area contributed by atoms with E-state index in [9.17, 15) is 27.9 Å². The Bertz CT molecular complexity index is 1800. The molecule has 5 aromatic rings. The molecule has 0 bridgehead atoms. The second-order valence-corrected chi connectivity index (χ2v) is 11.7. The molecule has 1 unspecified atom stereocenters. The van der Waals surface area contributed by atoms with Crippen LogP contribution in [0.5, 0.6) is 0 Å². The van der Waals surface area contributed by atoms with E-state index in [0.717, 1.165) is 28.8 Å². The van der Waals surface area contributed by atoms with Crippen molar-refractivity contribution in [3.63, 3.8) is 0 Å². The van der Waals surface area contributed by atoms with Gasteiger partial charge < -0.3 is 14.5 Å². The smallest absolute Gasteiger partial charge is 0.399 e. The number of methoxy groups -OCH3 is 1. The third-order valence-electron chi connectivity index (χ3n) is 7.33. The summed E-state index contributed by atoms with van der Waals surface area (Å²) in [4.78, 5) is 30.6. The van der Waals surface area contributed by atoms with Crippen molar-refractivity contribution in [1.29, 1.82) is 0 Å². The number of halogens is 2. The van der Waals surface area contributed by atoms with Crippen LogP contribution in [0.3, 0.4) is 0 Å². The van der Waals surface area contributed by atoms with Gasteiger partial charge in [0.25, 0.3) is 0 Å². The fraction of sp³-hybridized carbons (Fsp3) is 0.156. The minimum atomic E-state index is -5.72. The lowest BCUT2D eigenvalue weighted by molar-refractivity contribution is 0.0564. The van der Waals surface area contributed by atoms with Gasteiger partial charge in [-0.15, -0.1) is 5.10 Å². The second-order valence-electron chi connectivity index (χ2n) is 10.1. The van der Waals surface area contributed by atoms with Gasteiger partial charge in [-0.1, -0.05) is 96.2 Å². The molecule has 220 valence electrons. The number of aromatic nitrogens is 3. The van der Waals surface area contributed by atoms with E-state index in [1.807, 2.05) is 66.7 Å². The van der Waals surface area contributed by atoms with E-state index >= 15 is 0 Å².